The van der Waals surface area contributed by atoms with Gasteiger partial charge in [0.1, 0.15) is 17.9 Å². The van der Waals surface area contributed by atoms with Gasteiger partial charge in [-0.3, -0.25) is 4.79 Å². The van der Waals surface area contributed by atoms with Crippen LogP contribution in [0, 0.1) is 0 Å². The van der Waals surface area contributed by atoms with E-state index in [0.717, 1.165) is 5.82 Å². The van der Waals surface area contributed by atoms with Crippen LogP contribution >= 0.6 is 23.2 Å². The summed E-state index contributed by atoms with van der Waals surface area (Å²) < 4.78 is 1.81. The summed E-state index contributed by atoms with van der Waals surface area (Å²) in [6.45, 7) is 2.80. The lowest BCUT2D eigenvalue weighted by Gasteiger charge is -2.16. The van der Waals surface area contributed by atoms with Crippen molar-refractivity contribution in [1.29, 1.82) is 0 Å². The Balaban J connectivity index is 2.43. The molecule has 1 amide bonds. The SMILES string of the molecule is CCN(C)C(=O)Cn1c(CCCl)nc2cc(Cl)cnc21. The molecule has 0 aliphatic carbocycles. The fraction of sp³-hybridized carbons (Fsp3) is 0.462. The maximum absolute atomic E-state index is 12.1. The van der Waals surface area contributed by atoms with Crippen LogP contribution in [-0.2, 0) is 17.8 Å². The normalized spacial score (nSPS) is 11.0. The van der Waals surface area contributed by atoms with Crippen LogP contribution in [-0.4, -0.2) is 44.8 Å². The highest BCUT2D eigenvalue weighted by Crippen LogP contribution is 2.19. The first kappa shape index (κ1) is 15.1. The smallest absolute Gasteiger partial charge is 0.242 e. The van der Waals surface area contributed by atoms with Gasteiger partial charge in [-0.05, 0) is 13.0 Å². The number of fused-ring (bicyclic) bond motifs is 1. The summed E-state index contributed by atoms with van der Waals surface area (Å²) >= 11 is 11.7. The third-order valence-electron chi connectivity index (χ3n) is 3.14. The summed E-state index contributed by atoms with van der Waals surface area (Å²) in [6.07, 6.45) is 2.14. The van der Waals surface area contributed by atoms with E-state index in [-0.39, 0.29) is 12.5 Å². The number of pyridine rings is 1. The monoisotopic (exact) mass is 314 g/mol. The van der Waals surface area contributed by atoms with Crippen LogP contribution in [0.3, 0.4) is 0 Å². The zero-order chi connectivity index (χ0) is 14.7. The van der Waals surface area contributed by atoms with Gasteiger partial charge in [0.05, 0.1) is 5.02 Å². The number of nitrogens with zero attached hydrogens (tertiary/aromatic N) is 4. The largest absolute Gasteiger partial charge is 0.344 e. The van der Waals surface area contributed by atoms with E-state index in [1.54, 1.807) is 24.2 Å². The van der Waals surface area contributed by atoms with Crippen molar-refractivity contribution in [2.75, 3.05) is 19.5 Å². The predicted octanol–water partition coefficient (Wildman–Crippen LogP) is 2.34. The van der Waals surface area contributed by atoms with Crippen molar-refractivity contribution in [2.45, 2.75) is 19.9 Å². The number of carbonyl (C=O) groups excluding carboxylic acids is 1. The summed E-state index contributed by atoms with van der Waals surface area (Å²) in [5, 5.41) is 0.525. The molecule has 2 aromatic heterocycles. The number of alkyl halides is 1. The van der Waals surface area contributed by atoms with Crippen LogP contribution in [0.1, 0.15) is 12.7 Å². The van der Waals surface area contributed by atoms with Gasteiger partial charge in [-0.15, -0.1) is 11.6 Å². The predicted molar refractivity (Wildman–Crippen MR) is 80.3 cm³/mol. The number of carbonyl (C=O) groups is 1. The molecule has 0 fully saturated rings. The standard InChI is InChI=1S/C13H16Cl2N4O/c1-3-18(2)12(20)8-19-11(4-5-14)17-10-6-9(15)7-16-13(10)19/h6-7H,3-5,8H2,1-2H3. The van der Waals surface area contributed by atoms with Crippen molar-refractivity contribution in [1.82, 2.24) is 19.4 Å². The average molecular weight is 315 g/mol. The van der Waals surface area contributed by atoms with Crippen molar-refractivity contribution in [3.05, 3.63) is 23.1 Å². The molecule has 0 saturated carbocycles. The van der Waals surface area contributed by atoms with Crippen LogP contribution in [0.5, 0.6) is 0 Å². The van der Waals surface area contributed by atoms with Crippen molar-refractivity contribution < 1.29 is 4.79 Å². The summed E-state index contributed by atoms with van der Waals surface area (Å²) in [4.78, 5) is 22.5. The minimum atomic E-state index is 0.0133. The third-order valence-corrected chi connectivity index (χ3v) is 3.54. The molecule has 0 aliphatic rings. The molecule has 0 radical (unpaired) electrons. The van der Waals surface area contributed by atoms with Gasteiger partial charge < -0.3 is 9.47 Å². The number of hydrogen-bond donors (Lipinski definition) is 0. The van der Waals surface area contributed by atoms with Crippen molar-refractivity contribution in [3.63, 3.8) is 0 Å². The number of amides is 1. The molecule has 0 N–H and O–H groups in total. The Morgan fingerprint density at radius 3 is 2.90 bits per heavy atom. The molecule has 5 nitrogen and oxygen atoms in total. The topological polar surface area (TPSA) is 51.0 Å². The number of likely N-dealkylation sites (N-methyl/N-ethyl adjacent to an activating group) is 1. The number of aromatic nitrogens is 3. The minimum absolute atomic E-state index is 0.0133. The highest BCUT2D eigenvalue weighted by atomic mass is 35.5. The van der Waals surface area contributed by atoms with E-state index >= 15 is 0 Å². The zero-order valence-electron chi connectivity index (χ0n) is 11.4. The summed E-state index contributed by atoms with van der Waals surface area (Å²) in [7, 11) is 1.77. The molecule has 0 spiro atoms. The Morgan fingerprint density at radius 1 is 1.50 bits per heavy atom. The molecule has 2 aromatic rings. The van der Waals surface area contributed by atoms with E-state index in [1.165, 1.54) is 0 Å². The highest BCUT2D eigenvalue weighted by molar-refractivity contribution is 6.31. The molecule has 0 aliphatic heterocycles. The second-order valence-electron chi connectivity index (χ2n) is 4.46. The zero-order valence-corrected chi connectivity index (χ0v) is 12.9. The molecule has 0 aromatic carbocycles. The van der Waals surface area contributed by atoms with E-state index < -0.39 is 0 Å². The molecule has 2 heterocycles. The molecule has 0 bridgehead atoms. The molecule has 0 saturated heterocycles. The summed E-state index contributed by atoms with van der Waals surface area (Å²) in [5.74, 6) is 1.21. The Morgan fingerprint density at radius 2 is 2.25 bits per heavy atom. The summed E-state index contributed by atoms with van der Waals surface area (Å²) in [5.41, 5.74) is 1.34. The first-order valence-corrected chi connectivity index (χ1v) is 7.28. The first-order valence-electron chi connectivity index (χ1n) is 6.37. The highest BCUT2D eigenvalue weighted by Gasteiger charge is 2.16. The second kappa shape index (κ2) is 6.41. The van der Waals surface area contributed by atoms with E-state index in [4.69, 9.17) is 23.2 Å². The first-order chi connectivity index (χ1) is 9.56. The Kier molecular flexibility index (Phi) is 4.83. The third kappa shape index (κ3) is 3.04. The Bertz CT molecular complexity index is 626. The lowest BCUT2D eigenvalue weighted by atomic mass is 10.4. The van der Waals surface area contributed by atoms with Crippen LogP contribution in [0.15, 0.2) is 12.3 Å². The fourth-order valence-corrected chi connectivity index (χ4v) is 2.23. The van der Waals surface area contributed by atoms with E-state index in [0.29, 0.717) is 35.0 Å². The maximum Gasteiger partial charge on any atom is 0.242 e. The molecular formula is C13H16Cl2N4O. The van der Waals surface area contributed by atoms with Gasteiger partial charge in [-0.1, -0.05) is 11.6 Å². The number of halogens is 2. The number of hydrogen-bond acceptors (Lipinski definition) is 3. The quantitative estimate of drug-likeness (QED) is 0.796. The average Bonchev–Trinajstić information content (AvgIpc) is 2.75. The lowest BCUT2D eigenvalue weighted by Crippen LogP contribution is -2.30. The van der Waals surface area contributed by atoms with E-state index in [2.05, 4.69) is 9.97 Å². The van der Waals surface area contributed by atoms with E-state index in [1.807, 2.05) is 11.5 Å². The van der Waals surface area contributed by atoms with Gasteiger partial charge in [0.15, 0.2) is 5.65 Å². The van der Waals surface area contributed by atoms with Gasteiger partial charge in [0.2, 0.25) is 5.91 Å². The number of aryl methyl sites for hydroxylation is 1. The molecular weight excluding hydrogens is 299 g/mol. The molecule has 20 heavy (non-hydrogen) atoms. The minimum Gasteiger partial charge on any atom is -0.344 e. The van der Waals surface area contributed by atoms with Gasteiger partial charge >= 0.3 is 0 Å². The van der Waals surface area contributed by atoms with Gasteiger partial charge in [-0.2, -0.15) is 0 Å². The van der Waals surface area contributed by atoms with Gasteiger partial charge in [0.25, 0.3) is 0 Å². The van der Waals surface area contributed by atoms with Crippen LogP contribution < -0.4 is 0 Å². The molecule has 2 rings (SSSR count). The van der Waals surface area contributed by atoms with Gasteiger partial charge in [-0.25, -0.2) is 9.97 Å². The van der Waals surface area contributed by atoms with Crippen molar-refractivity contribution >= 4 is 40.3 Å². The Labute approximate surface area is 127 Å². The van der Waals surface area contributed by atoms with Crippen LogP contribution in [0.2, 0.25) is 5.02 Å². The number of rotatable bonds is 5. The Hall–Kier alpha value is -1.33. The summed E-state index contributed by atoms with van der Waals surface area (Å²) in [6, 6.07) is 1.74. The van der Waals surface area contributed by atoms with Crippen molar-refractivity contribution in [2.24, 2.45) is 0 Å². The molecule has 108 valence electrons. The molecule has 0 unspecified atom stereocenters. The van der Waals surface area contributed by atoms with Crippen LogP contribution in [0.25, 0.3) is 11.2 Å². The van der Waals surface area contributed by atoms with Crippen molar-refractivity contribution in [3.8, 4) is 0 Å². The number of imidazole rings is 1. The lowest BCUT2D eigenvalue weighted by molar-refractivity contribution is -0.130. The van der Waals surface area contributed by atoms with Crippen LogP contribution in [0.4, 0.5) is 0 Å². The van der Waals surface area contributed by atoms with Gasteiger partial charge in [0, 0.05) is 32.1 Å². The molecule has 7 heteroatoms. The second-order valence-corrected chi connectivity index (χ2v) is 5.27. The molecule has 0 atom stereocenters. The maximum atomic E-state index is 12.1. The fourth-order valence-electron chi connectivity index (χ4n) is 1.91. The van der Waals surface area contributed by atoms with E-state index in [9.17, 15) is 4.79 Å².